The summed E-state index contributed by atoms with van der Waals surface area (Å²) in [7, 11) is 0. The maximum atomic E-state index is 13.2. The van der Waals surface area contributed by atoms with Gasteiger partial charge in [0.05, 0.1) is 17.4 Å². The van der Waals surface area contributed by atoms with Crippen molar-refractivity contribution in [2.24, 2.45) is 23.7 Å². The van der Waals surface area contributed by atoms with Crippen LogP contribution in [0.1, 0.15) is 49.4 Å². The highest BCUT2D eigenvalue weighted by Gasteiger charge is 2.48. The Morgan fingerprint density at radius 1 is 1.10 bits per heavy atom. The third kappa shape index (κ3) is 4.09. The number of nitrogens with one attached hydrogen (secondary N) is 1. The average Bonchev–Trinajstić information content (AvgIpc) is 3.15. The predicted molar refractivity (Wildman–Crippen MR) is 113 cm³/mol. The molecule has 4 aliphatic carbocycles. The number of para-hydroxylation sites is 1. The third-order valence-electron chi connectivity index (χ3n) is 6.78. The van der Waals surface area contributed by atoms with E-state index in [2.05, 4.69) is 17.3 Å². The maximum absolute atomic E-state index is 13.2. The van der Waals surface area contributed by atoms with E-state index in [1.165, 1.54) is 32.1 Å². The van der Waals surface area contributed by atoms with E-state index in [9.17, 15) is 4.79 Å². The molecular formula is C23H27N3O3S. The van der Waals surface area contributed by atoms with Crippen molar-refractivity contribution < 1.29 is 14.4 Å². The molecule has 6 rings (SSSR count). The van der Waals surface area contributed by atoms with Crippen molar-refractivity contribution in [1.82, 2.24) is 15.1 Å². The van der Waals surface area contributed by atoms with Crippen LogP contribution in [0.5, 0.6) is 0 Å². The van der Waals surface area contributed by atoms with Crippen molar-refractivity contribution >= 4 is 23.8 Å². The summed E-state index contributed by atoms with van der Waals surface area (Å²) in [6, 6.07) is 10.4. The van der Waals surface area contributed by atoms with Gasteiger partial charge in [-0.05, 0) is 73.7 Å². The summed E-state index contributed by atoms with van der Waals surface area (Å²) in [6.45, 7) is 2.12. The highest BCUT2D eigenvalue weighted by atomic mass is 32.2. The zero-order valence-corrected chi connectivity index (χ0v) is 17.9. The van der Waals surface area contributed by atoms with Crippen LogP contribution in [0.15, 0.2) is 41.6 Å². The normalized spacial score (nSPS) is 28.4. The third-order valence-corrected chi connectivity index (χ3v) is 7.73. The van der Waals surface area contributed by atoms with Crippen molar-refractivity contribution in [2.75, 3.05) is 5.75 Å². The topological polar surface area (TPSA) is 81.1 Å². The van der Waals surface area contributed by atoms with Crippen LogP contribution in [-0.2, 0) is 9.59 Å². The molecule has 0 spiro atoms. The molecule has 7 heteroatoms. The van der Waals surface area contributed by atoms with Gasteiger partial charge >= 0.3 is 6.15 Å². The molecule has 1 amide bonds. The van der Waals surface area contributed by atoms with E-state index in [1.54, 1.807) is 18.0 Å². The molecule has 4 fully saturated rings. The van der Waals surface area contributed by atoms with Gasteiger partial charge in [0.2, 0.25) is 0 Å². The summed E-state index contributed by atoms with van der Waals surface area (Å²) in [6.07, 6.45) is 8.70. The highest BCUT2D eigenvalue weighted by molar-refractivity contribution is 7.99. The van der Waals surface area contributed by atoms with Gasteiger partial charge in [0.1, 0.15) is 5.03 Å². The zero-order valence-electron chi connectivity index (χ0n) is 17.1. The monoisotopic (exact) mass is 425 g/mol. The Hall–Kier alpha value is -2.37. The number of thioether (sulfide) groups is 1. The van der Waals surface area contributed by atoms with Crippen molar-refractivity contribution in [3.05, 3.63) is 42.1 Å². The van der Waals surface area contributed by atoms with Gasteiger partial charge in [-0.3, -0.25) is 4.79 Å². The molecule has 0 aliphatic heterocycles. The summed E-state index contributed by atoms with van der Waals surface area (Å²) in [5.41, 5.74) is 1.72. The SMILES string of the molecule is CCSc1c(C(=O)NC2C3CC4CC(C3)CC2C4)cnn1-c1ccccc1.O=C=O. The number of benzene rings is 1. The number of amides is 1. The number of hydrogen-bond acceptors (Lipinski definition) is 5. The molecule has 0 unspecified atom stereocenters. The van der Waals surface area contributed by atoms with E-state index >= 15 is 0 Å². The summed E-state index contributed by atoms with van der Waals surface area (Å²) < 4.78 is 1.90. The van der Waals surface area contributed by atoms with Gasteiger partial charge in [0.25, 0.3) is 5.91 Å². The summed E-state index contributed by atoms with van der Waals surface area (Å²) in [5, 5.41) is 8.93. The van der Waals surface area contributed by atoms with Gasteiger partial charge in [-0.2, -0.15) is 14.7 Å². The predicted octanol–water partition coefficient (Wildman–Crippen LogP) is 3.96. The second kappa shape index (κ2) is 9.19. The molecule has 1 aromatic heterocycles. The van der Waals surface area contributed by atoms with E-state index in [0.717, 1.165) is 33.9 Å². The minimum atomic E-state index is 0.0607. The van der Waals surface area contributed by atoms with Crippen LogP contribution in [0.25, 0.3) is 5.69 Å². The van der Waals surface area contributed by atoms with Crippen molar-refractivity contribution in [3.63, 3.8) is 0 Å². The zero-order chi connectivity index (χ0) is 21.1. The first-order valence-corrected chi connectivity index (χ1v) is 11.7. The van der Waals surface area contributed by atoms with Crippen LogP contribution in [0.2, 0.25) is 0 Å². The Labute approximate surface area is 180 Å². The summed E-state index contributed by atoms with van der Waals surface area (Å²) in [4.78, 5) is 29.4. The number of carbonyl (C=O) groups excluding carboxylic acids is 3. The highest BCUT2D eigenvalue weighted by Crippen LogP contribution is 2.53. The molecule has 1 N–H and O–H groups in total. The molecule has 0 radical (unpaired) electrons. The molecule has 2 aromatic rings. The Morgan fingerprint density at radius 2 is 1.70 bits per heavy atom. The largest absolute Gasteiger partial charge is 0.373 e. The number of nitrogens with zero attached hydrogens (tertiary/aromatic N) is 2. The number of carbonyl (C=O) groups is 1. The van der Waals surface area contributed by atoms with Gasteiger partial charge in [-0.15, -0.1) is 11.8 Å². The Kier molecular flexibility index (Phi) is 6.40. The maximum Gasteiger partial charge on any atom is 0.373 e. The molecule has 0 atom stereocenters. The van der Waals surface area contributed by atoms with Gasteiger partial charge in [0, 0.05) is 6.04 Å². The van der Waals surface area contributed by atoms with Crippen LogP contribution in [0.4, 0.5) is 0 Å². The molecule has 1 aromatic carbocycles. The second-order valence-corrected chi connectivity index (χ2v) is 9.81. The first-order valence-electron chi connectivity index (χ1n) is 10.7. The number of aromatic nitrogens is 2. The lowest BCUT2D eigenvalue weighted by Gasteiger charge is -2.54. The number of hydrogen-bond donors (Lipinski definition) is 1. The molecule has 30 heavy (non-hydrogen) atoms. The van der Waals surface area contributed by atoms with E-state index in [1.807, 2.05) is 35.0 Å². The van der Waals surface area contributed by atoms with Gasteiger partial charge in [-0.1, -0.05) is 25.1 Å². The minimum Gasteiger partial charge on any atom is -0.349 e. The summed E-state index contributed by atoms with van der Waals surface area (Å²) >= 11 is 1.69. The van der Waals surface area contributed by atoms with Gasteiger partial charge in [-0.25, -0.2) is 4.68 Å². The second-order valence-electron chi connectivity index (χ2n) is 8.56. The number of rotatable bonds is 5. The molecule has 158 valence electrons. The van der Waals surface area contributed by atoms with Crippen molar-refractivity contribution in [2.45, 2.75) is 50.1 Å². The molecule has 4 saturated carbocycles. The molecule has 4 bridgehead atoms. The van der Waals surface area contributed by atoms with E-state index in [4.69, 9.17) is 9.59 Å². The van der Waals surface area contributed by atoms with Crippen LogP contribution < -0.4 is 5.32 Å². The smallest absolute Gasteiger partial charge is 0.349 e. The average molecular weight is 426 g/mol. The van der Waals surface area contributed by atoms with Crippen LogP contribution in [-0.4, -0.2) is 33.6 Å². The first-order chi connectivity index (χ1) is 14.6. The lowest BCUT2D eigenvalue weighted by molar-refractivity contribution is -0.191. The van der Waals surface area contributed by atoms with Crippen molar-refractivity contribution in [1.29, 1.82) is 0 Å². The quantitative estimate of drug-likeness (QED) is 0.734. The minimum absolute atomic E-state index is 0.0607. The van der Waals surface area contributed by atoms with E-state index < -0.39 is 0 Å². The first kappa shape index (κ1) is 20.9. The van der Waals surface area contributed by atoms with Gasteiger partial charge in [0.15, 0.2) is 0 Å². The lowest BCUT2D eigenvalue weighted by atomic mass is 9.54. The van der Waals surface area contributed by atoms with Crippen LogP contribution in [0, 0.1) is 23.7 Å². The van der Waals surface area contributed by atoms with E-state index in [-0.39, 0.29) is 12.1 Å². The fourth-order valence-electron chi connectivity index (χ4n) is 5.91. The van der Waals surface area contributed by atoms with Crippen molar-refractivity contribution in [3.8, 4) is 5.69 Å². The molecule has 6 nitrogen and oxygen atoms in total. The van der Waals surface area contributed by atoms with Crippen LogP contribution >= 0.6 is 11.8 Å². The summed E-state index contributed by atoms with van der Waals surface area (Å²) in [5.74, 6) is 4.20. The van der Waals surface area contributed by atoms with Crippen LogP contribution in [0.3, 0.4) is 0 Å². The van der Waals surface area contributed by atoms with E-state index in [0.29, 0.717) is 17.9 Å². The Morgan fingerprint density at radius 3 is 2.27 bits per heavy atom. The fourth-order valence-corrected chi connectivity index (χ4v) is 6.76. The standard InChI is InChI=1S/C22H27N3OS.CO2/c1-2-27-22-19(13-23-25(22)18-6-4-3-5-7-18)21(26)24-20-16-9-14-8-15(11-16)12-17(20)10-14;2-1-3/h3-7,13-17,20H,2,8-12H2,1H3,(H,24,26);. The Bertz CT molecular complexity index is 893. The Balaban J connectivity index is 0.000000687. The molecule has 0 saturated heterocycles. The molecule has 4 aliphatic rings. The lowest BCUT2D eigenvalue weighted by Crippen LogP contribution is -2.55. The van der Waals surface area contributed by atoms with Gasteiger partial charge < -0.3 is 5.32 Å². The molecular weight excluding hydrogens is 398 g/mol. The molecule has 1 heterocycles. The fraction of sp³-hybridized carbons (Fsp3) is 0.522.